The number of para-hydroxylation sites is 1. The number of ether oxygens (including phenoxy) is 1. The van der Waals surface area contributed by atoms with E-state index in [0.717, 1.165) is 28.6 Å². The molecule has 3 aromatic rings. The summed E-state index contributed by atoms with van der Waals surface area (Å²) in [4.78, 5) is 16.6. The maximum absolute atomic E-state index is 12.3. The van der Waals surface area contributed by atoms with Crippen LogP contribution in [0.25, 0.3) is 10.9 Å². The number of fused-ring (bicyclic) bond motifs is 1. The average Bonchev–Trinajstić information content (AvgIpc) is 2.63. The van der Waals surface area contributed by atoms with E-state index in [1.54, 1.807) is 18.3 Å². The molecule has 1 heterocycles. The summed E-state index contributed by atoms with van der Waals surface area (Å²) in [6.07, 6.45) is 2.52. The van der Waals surface area contributed by atoms with Crippen molar-refractivity contribution in [3.63, 3.8) is 0 Å². The number of anilines is 1. The lowest BCUT2D eigenvalue weighted by molar-refractivity contribution is -0.118. The summed E-state index contributed by atoms with van der Waals surface area (Å²) in [6, 6.07) is 13.2. The fourth-order valence-electron chi connectivity index (χ4n) is 2.75. The van der Waals surface area contributed by atoms with E-state index < -0.39 is 0 Å². The molecule has 2 aromatic carbocycles. The van der Waals surface area contributed by atoms with Crippen molar-refractivity contribution in [2.24, 2.45) is 0 Å². The highest BCUT2D eigenvalue weighted by molar-refractivity contribution is 6.35. The fraction of sp³-hybridized carbons (Fsp3) is 0.200. The van der Waals surface area contributed by atoms with Crippen LogP contribution < -0.4 is 10.1 Å². The highest BCUT2D eigenvalue weighted by Gasteiger charge is 2.11. The Morgan fingerprint density at radius 2 is 2.04 bits per heavy atom. The lowest BCUT2D eigenvalue weighted by atomic mass is 10.1. The molecule has 1 aromatic heterocycles. The third-order valence-electron chi connectivity index (χ3n) is 4.04. The van der Waals surface area contributed by atoms with Crippen LogP contribution in [0.15, 0.2) is 48.7 Å². The number of carbonyl (C=O) groups excluding carboxylic acids is 1. The zero-order valence-corrected chi connectivity index (χ0v) is 14.9. The molecule has 0 radical (unpaired) electrons. The van der Waals surface area contributed by atoms with Crippen LogP contribution in [0.4, 0.5) is 5.69 Å². The first-order chi connectivity index (χ1) is 12.1. The predicted molar refractivity (Wildman–Crippen MR) is 101 cm³/mol. The second-order valence-corrected chi connectivity index (χ2v) is 6.15. The van der Waals surface area contributed by atoms with E-state index >= 15 is 0 Å². The van der Waals surface area contributed by atoms with Crippen LogP contribution in [0.1, 0.15) is 18.1 Å². The number of carbonyl (C=O) groups is 1. The van der Waals surface area contributed by atoms with Crippen LogP contribution >= 0.6 is 11.6 Å². The highest BCUT2D eigenvalue weighted by Crippen LogP contribution is 2.29. The summed E-state index contributed by atoms with van der Waals surface area (Å²) in [5.74, 6) is 0.332. The maximum Gasteiger partial charge on any atom is 0.262 e. The van der Waals surface area contributed by atoms with Crippen LogP contribution in [-0.2, 0) is 11.2 Å². The summed E-state index contributed by atoms with van der Waals surface area (Å²) in [5.41, 5.74) is 3.64. The monoisotopic (exact) mass is 354 g/mol. The van der Waals surface area contributed by atoms with Gasteiger partial charge in [0.1, 0.15) is 11.3 Å². The minimum Gasteiger partial charge on any atom is -0.481 e. The second-order valence-electron chi connectivity index (χ2n) is 5.74. The van der Waals surface area contributed by atoms with Crippen LogP contribution in [0.3, 0.4) is 0 Å². The molecule has 0 unspecified atom stereocenters. The van der Waals surface area contributed by atoms with Crippen molar-refractivity contribution in [3.05, 3.63) is 64.8 Å². The molecular weight excluding hydrogens is 336 g/mol. The number of hydrogen-bond donors (Lipinski definition) is 1. The van der Waals surface area contributed by atoms with Crippen LogP contribution in [0, 0.1) is 6.92 Å². The Balaban J connectivity index is 1.75. The van der Waals surface area contributed by atoms with Gasteiger partial charge in [0.2, 0.25) is 0 Å². The lowest BCUT2D eigenvalue weighted by Crippen LogP contribution is -2.21. The van der Waals surface area contributed by atoms with Gasteiger partial charge in [-0.1, -0.05) is 36.7 Å². The van der Waals surface area contributed by atoms with Crippen LogP contribution in [0.2, 0.25) is 5.02 Å². The predicted octanol–water partition coefficient (Wildman–Crippen LogP) is 4.78. The topological polar surface area (TPSA) is 51.2 Å². The Morgan fingerprint density at radius 3 is 2.84 bits per heavy atom. The number of aromatic nitrogens is 1. The van der Waals surface area contributed by atoms with Gasteiger partial charge < -0.3 is 10.1 Å². The number of rotatable bonds is 5. The Bertz CT molecular complexity index is 925. The van der Waals surface area contributed by atoms with Gasteiger partial charge >= 0.3 is 0 Å². The van der Waals surface area contributed by atoms with Crippen molar-refractivity contribution in [2.75, 3.05) is 11.9 Å². The number of pyridine rings is 1. The normalized spacial score (nSPS) is 10.7. The SMILES string of the molecule is CCc1cccc(C)c1NC(=O)COc1ccc(Cl)c2cccnc12. The summed E-state index contributed by atoms with van der Waals surface area (Å²) in [5, 5.41) is 4.35. The summed E-state index contributed by atoms with van der Waals surface area (Å²) in [7, 11) is 0. The molecule has 0 bridgehead atoms. The molecular formula is C20H19ClN2O2. The van der Waals surface area contributed by atoms with E-state index in [4.69, 9.17) is 16.3 Å². The highest BCUT2D eigenvalue weighted by atomic mass is 35.5. The van der Waals surface area contributed by atoms with Gasteiger partial charge in [0.25, 0.3) is 5.91 Å². The van der Waals surface area contributed by atoms with Crippen molar-refractivity contribution in [1.82, 2.24) is 4.98 Å². The molecule has 25 heavy (non-hydrogen) atoms. The molecule has 0 spiro atoms. The third kappa shape index (κ3) is 3.74. The molecule has 0 saturated carbocycles. The smallest absolute Gasteiger partial charge is 0.262 e. The molecule has 0 aliphatic rings. The molecule has 0 atom stereocenters. The minimum absolute atomic E-state index is 0.0925. The van der Waals surface area contributed by atoms with Crippen molar-refractivity contribution >= 4 is 34.1 Å². The average molecular weight is 355 g/mol. The minimum atomic E-state index is -0.206. The van der Waals surface area contributed by atoms with Crippen molar-refractivity contribution in [2.45, 2.75) is 20.3 Å². The summed E-state index contributed by atoms with van der Waals surface area (Å²) < 4.78 is 5.69. The first-order valence-electron chi connectivity index (χ1n) is 8.14. The number of aryl methyl sites for hydroxylation is 2. The summed E-state index contributed by atoms with van der Waals surface area (Å²) >= 11 is 6.17. The molecule has 0 aliphatic carbocycles. The number of benzene rings is 2. The quantitative estimate of drug-likeness (QED) is 0.717. The molecule has 3 rings (SSSR count). The molecule has 5 heteroatoms. The van der Waals surface area contributed by atoms with Crippen LogP contribution in [-0.4, -0.2) is 17.5 Å². The second kappa shape index (κ2) is 7.53. The lowest BCUT2D eigenvalue weighted by Gasteiger charge is -2.14. The van der Waals surface area contributed by atoms with Gasteiger partial charge in [0.15, 0.2) is 6.61 Å². The largest absolute Gasteiger partial charge is 0.481 e. The molecule has 0 aliphatic heterocycles. The number of nitrogens with zero attached hydrogens (tertiary/aromatic N) is 1. The molecule has 1 amide bonds. The van der Waals surface area contributed by atoms with Crippen LogP contribution in [0.5, 0.6) is 5.75 Å². The summed E-state index contributed by atoms with van der Waals surface area (Å²) in [6.45, 7) is 3.95. The van der Waals surface area contributed by atoms with E-state index in [-0.39, 0.29) is 12.5 Å². The van der Waals surface area contributed by atoms with Crippen molar-refractivity contribution in [1.29, 1.82) is 0 Å². The van der Waals surface area contributed by atoms with Crippen molar-refractivity contribution < 1.29 is 9.53 Å². The molecule has 0 fully saturated rings. The number of nitrogens with one attached hydrogen (secondary N) is 1. The Kier molecular flexibility index (Phi) is 5.19. The third-order valence-corrected chi connectivity index (χ3v) is 4.37. The van der Waals surface area contributed by atoms with Gasteiger partial charge in [-0.05, 0) is 48.7 Å². The van der Waals surface area contributed by atoms with Gasteiger partial charge in [0.05, 0.1) is 5.02 Å². The zero-order chi connectivity index (χ0) is 17.8. The Morgan fingerprint density at radius 1 is 1.20 bits per heavy atom. The zero-order valence-electron chi connectivity index (χ0n) is 14.2. The van der Waals surface area contributed by atoms with Gasteiger partial charge in [-0.2, -0.15) is 0 Å². The van der Waals surface area contributed by atoms with Gasteiger partial charge in [-0.15, -0.1) is 0 Å². The van der Waals surface area contributed by atoms with E-state index in [9.17, 15) is 4.79 Å². The van der Waals surface area contributed by atoms with Crippen molar-refractivity contribution in [3.8, 4) is 5.75 Å². The fourth-order valence-corrected chi connectivity index (χ4v) is 2.96. The Labute approximate surface area is 151 Å². The van der Waals surface area contributed by atoms with E-state index in [1.165, 1.54) is 0 Å². The maximum atomic E-state index is 12.3. The van der Waals surface area contributed by atoms with E-state index in [2.05, 4.69) is 17.2 Å². The number of amides is 1. The number of hydrogen-bond acceptors (Lipinski definition) is 3. The molecule has 128 valence electrons. The standard InChI is InChI=1S/C20H19ClN2O2/c1-3-14-7-4-6-13(2)19(14)23-18(24)12-25-17-10-9-16(21)15-8-5-11-22-20(15)17/h4-11H,3,12H2,1-2H3,(H,23,24). The molecule has 4 nitrogen and oxygen atoms in total. The number of halogens is 1. The Hall–Kier alpha value is -2.59. The van der Waals surface area contributed by atoms with Gasteiger partial charge in [-0.25, -0.2) is 0 Å². The van der Waals surface area contributed by atoms with Gasteiger partial charge in [0, 0.05) is 17.3 Å². The van der Waals surface area contributed by atoms with Gasteiger partial charge in [-0.3, -0.25) is 9.78 Å². The van der Waals surface area contributed by atoms with E-state index in [1.807, 2.05) is 37.3 Å². The molecule has 0 saturated heterocycles. The first kappa shape index (κ1) is 17.2. The first-order valence-corrected chi connectivity index (χ1v) is 8.52. The van der Waals surface area contributed by atoms with E-state index in [0.29, 0.717) is 16.3 Å². The molecule has 1 N–H and O–H groups in total.